The van der Waals surface area contributed by atoms with Crippen LogP contribution in [0.4, 0.5) is 5.69 Å². The van der Waals surface area contributed by atoms with Gasteiger partial charge in [-0.1, -0.05) is 36.4 Å². The summed E-state index contributed by atoms with van der Waals surface area (Å²) in [6.45, 7) is 2.01. The summed E-state index contributed by atoms with van der Waals surface area (Å²) in [5.74, 6) is 0.624. The van der Waals surface area contributed by atoms with Crippen LogP contribution in [0, 0.1) is 12.7 Å². The maximum absolute atomic E-state index is 4.60. The van der Waals surface area contributed by atoms with Crippen LogP contribution < -0.4 is 9.88 Å². The van der Waals surface area contributed by atoms with E-state index in [4.69, 9.17) is 0 Å². The number of imidazole rings is 1. The average Bonchev–Trinajstić information content (AvgIpc) is 3.47. The molecule has 0 amide bonds. The predicted octanol–water partition coefficient (Wildman–Crippen LogP) is 4.63. The van der Waals surface area contributed by atoms with Crippen molar-refractivity contribution in [2.45, 2.75) is 0 Å². The molecule has 5 aromatic rings. The minimum atomic E-state index is 0. The van der Waals surface area contributed by atoms with E-state index < -0.39 is 0 Å². The summed E-state index contributed by atoms with van der Waals surface area (Å²) in [6, 6.07) is 23.3. The monoisotopic (exact) mass is 598 g/mol. The fourth-order valence-electron chi connectivity index (χ4n) is 3.36. The van der Waals surface area contributed by atoms with E-state index in [2.05, 4.69) is 44.2 Å². The van der Waals surface area contributed by atoms with Crippen LogP contribution in [0.1, 0.15) is 0 Å². The molecule has 0 saturated carbocycles. The van der Waals surface area contributed by atoms with Crippen molar-refractivity contribution < 1.29 is 21.1 Å². The van der Waals surface area contributed by atoms with E-state index in [0.717, 1.165) is 22.1 Å². The van der Waals surface area contributed by atoms with E-state index >= 15 is 0 Å². The first-order chi connectivity index (χ1) is 15.3. The van der Waals surface area contributed by atoms with Crippen LogP contribution >= 0.6 is 0 Å². The molecule has 6 nitrogen and oxygen atoms in total. The van der Waals surface area contributed by atoms with Crippen molar-refractivity contribution in [3.05, 3.63) is 104 Å². The smallest absolute Gasteiger partial charge is 0.0803 e. The fourth-order valence-corrected chi connectivity index (χ4v) is 3.36. The molecule has 0 fully saturated rings. The van der Waals surface area contributed by atoms with Crippen molar-refractivity contribution in [2.24, 2.45) is 0 Å². The third-order valence-electron chi connectivity index (χ3n) is 4.86. The Morgan fingerprint density at radius 2 is 1.84 bits per heavy atom. The Labute approximate surface area is 200 Å². The van der Waals surface area contributed by atoms with Gasteiger partial charge in [0, 0.05) is 33.5 Å². The minimum absolute atomic E-state index is 0. The van der Waals surface area contributed by atoms with Crippen LogP contribution in [0.3, 0.4) is 0 Å². The largest absolute Gasteiger partial charge is 0.510 e. The molecular weight excluding hydrogens is 579 g/mol. The number of anilines is 1. The van der Waals surface area contributed by atoms with E-state index in [1.165, 1.54) is 5.39 Å². The molecule has 0 saturated heterocycles. The predicted molar refractivity (Wildman–Crippen MR) is 123 cm³/mol. The molecule has 1 aliphatic rings. The van der Waals surface area contributed by atoms with Crippen molar-refractivity contribution >= 4 is 27.5 Å². The fraction of sp³-hybridized carbons (Fsp3) is 0.0400. The zero-order valence-corrected chi connectivity index (χ0v) is 19.5. The number of para-hydroxylation sites is 1. The number of aromatic nitrogens is 4. The summed E-state index contributed by atoms with van der Waals surface area (Å²) in [7, 11) is 2.00. The molecule has 3 aromatic carbocycles. The van der Waals surface area contributed by atoms with Gasteiger partial charge in [-0.15, -0.1) is 5.69 Å². The Balaban J connectivity index is 0.000000164. The number of fused-ring (bicyclic) bond motifs is 3. The second-order valence-electron chi connectivity index (χ2n) is 7.03. The Bertz CT molecular complexity index is 1330. The molecule has 0 atom stereocenters. The summed E-state index contributed by atoms with van der Waals surface area (Å²) >= 11 is 0. The first kappa shape index (κ1) is 21.7. The van der Waals surface area contributed by atoms with Gasteiger partial charge in [0.15, 0.2) is 0 Å². The SMILES string of the molecule is CN1C=CN(c2[c-]cccc2)[CH-]1.[Pt].c1ccc2c(c1)ccc1[n-]c(-c3cnccn3)nc12. The zero-order valence-electron chi connectivity index (χ0n) is 17.2. The van der Waals surface area contributed by atoms with Crippen LogP contribution in [0.5, 0.6) is 0 Å². The molecule has 2 aromatic heterocycles. The molecule has 1 aliphatic heterocycles. The van der Waals surface area contributed by atoms with E-state index in [-0.39, 0.29) is 21.1 Å². The van der Waals surface area contributed by atoms with Crippen LogP contribution in [0.2, 0.25) is 0 Å². The summed E-state index contributed by atoms with van der Waals surface area (Å²) in [6.07, 6.45) is 8.97. The van der Waals surface area contributed by atoms with Gasteiger partial charge in [0.25, 0.3) is 0 Å². The van der Waals surface area contributed by atoms with Gasteiger partial charge in [0.1, 0.15) is 0 Å². The van der Waals surface area contributed by atoms with Crippen molar-refractivity contribution in [1.82, 2.24) is 24.8 Å². The molecule has 0 radical (unpaired) electrons. The average molecular weight is 599 g/mol. The van der Waals surface area contributed by atoms with Crippen LogP contribution in [-0.2, 0) is 21.1 Å². The van der Waals surface area contributed by atoms with Crippen LogP contribution in [0.15, 0.2) is 91.7 Å². The molecule has 7 heteroatoms. The van der Waals surface area contributed by atoms with Crippen molar-refractivity contribution in [3.8, 4) is 11.5 Å². The molecular formula is C25H19N6Pt-3. The van der Waals surface area contributed by atoms with Crippen molar-refractivity contribution in [2.75, 3.05) is 11.9 Å². The Hall–Kier alpha value is -3.50. The topological polar surface area (TPSA) is 59.2 Å². The van der Waals surface area contributed by atoms with E-state index in [1.54, 1.807) is 18.6 Å². The maximum atomic E-state index is 4.60. The van der Waals surface area contributed by atoms with E-state index in [1.807, 2.05) is 78.4 Å². The minimum Gasteiger partial charge on any atom is -0.510 e. The number of benzene rings is 3. The first-order valence-corrected chi connectivity index (χ1v) is 9.87. The molecule has 32 heavy (non-hydrogen) atoms. The van der Waals surface area contributed by atoms with Crippen LogP contribution in [-0.4, -0.2) is 26.9 Å². The summed E-state index contributed by atoms with van der Waals surface area (Å²) in [5.41, 5.74) is 3.57. The third kappa shape index (κ3) is 4.56. The number of hydrogen-bond donors (Lipinski definition) is 0. The first-order valence-electron chi connectivity index (χ1n) is 9.87. The number of rotatable bonds is 2. The summed E-state index contributed by atoms with van der Waals surface area (Å²) in [5, 5.41) is 2.28. The van der Waals surface area contributed by atoms with Crippen molar-refractivity contribution in [1.29, 1.82) is 0 Å². The summed E-state index contributed by atoms with van der Waals surface area (Å²) < 4.78 is 0. The second kappa shape index (κ2) is 9.75. The molecule has 0 N–H and O–H groups in total. The van der Waals surface area contributed by atoms with Gasteiger partial charge in [-0.2, -0.15) is 37.0 Å². The normalized spacial score (nSPS) is 12.5. The zero-order chi connectivity index (χ0) is 21.0. The van der Waals surface area contributed by atoms with Gasteiger partial charge in [-0.05, 0) is 47.1 Å². The van der Waals surface area contributed by atoms with E-state index in [0.29, 0.717) is 11.5 Å². The van der Waals surface area contributed by atoms with Crippen LogP contribution in [0.25, 0.3) is 33.3 Å². The molecule has 0 spiro atoms. The quantitative estimate of drug-likeness (QED) is 0.277. The van der Waals surface area contributed by atoms with Gasteiger partial charge in [-0.25, -0.2) is 0 Å². The van der Waals surface area contributed by atoms with Gasteiger partial charge < -0.3 is 19.8 Å². The molecule has 0 unspecified atom stereocenters. The van der Waals surface area contributed by atoms with Gasteiger partial charge >= 0.3 is 0 Å². The number of nitrogens with zero attached hydrogens (tertiary/aromatic N) is 6. The van der Waals surface area contributed by atoms with Gasteiger partial charge in [0.05, 0.1) is 11.9 Å². The van der Waals surface area contributed by atoms with Crippen molar-refractivity contribution in [3.63, 3.8) is 0 Å². The molecule has 0 bridgehead atoms. The molecule has 162 valence electrons. The van der Waals surface area contributed by atoms with Gasteiger partial charge in [-0.3, -0.25) is 9.97 Å². The Kier molecular flexibility index (Phi) is 6.62. The van der Waals surface area contributed by atoms with Gasteiger partial charge in [0.2, 0.25) is 0 Å². The molecule has 6 rings (SSSR count). The maximum Gasteiger partial charge on any atom is 0.0803 e. The number of hydrogen-bond acceptors (Lipinski definition) is 5. The molecule has 0 aliphatic carbocycles. The standard InChI is InChI=1S/C15H9N4.C10H10N2.Pt/c1-2-4-11-10(3-1)5-6-12-14(11)19-15(18-12)13-9-16-7-8-17-13;1-11-7-8-12(9-11)10-5-3-2-4-6-10;/h1-9H;2-5,7-9H,1H3;/q-1;-2;. The van der Waals surface area contributed by atoms with E-state index in [9.17, 15) is 0 Å². The molecule has 3 heterocycles. The Morgan fingerprint density at radius 3 is 2.59 bits per heavy atom. The second-order valence-corrected chi connectivity index (χ2v) is 7.03. The third-order valence-corrected chi connectivity index (χ3v) is 4.86. The Morgan fingerprint density at radius 1 is 0.969 bits per heavy atom. The summed E-state index contributed by atoms with van der Waals surface area (Å²) in [4.78, 5) is 21.4.